The smallest absolute Gasteiger partial charge is 0.191 e. The molecule has 0 spiro atoms. The summed E-state index contributed by atoms with van der Waals surface area (Å²) in [4.78, 5) is 7.19. The molecule has 0 fully saturated rings. The summed E-state index contributed by atoms with van der Waals surface area (Å²) in [6, 6.07) is 5.89. The van der Waals surface area contributed by atoms with E-state index in [1.54, 1.807) is 0 Å². The predicted octanol–water partition coefficient (Wildman–Crippen LogP) is 2.91. The van der Waals surface area contributed by atoms with Crippen molar-refractivity contribution in [1.82, 2.24) is 30.1 Å². The molecule has 0 aliphatic rings. The molecule has 0 aromatic carbocycles. The van der Waals surface area contributed by atoms with Crippen LogP contribution in [0.5, 0.6) is 0 Å². The third kappa shape index (κ3) is 8.00. The Hall–Kier alpha value is -1.42. The zero-order chi connectivity index (χ0) is 18.6. The standard InChI is InChI=1S/C19H33N7.HI/c1-4-12-25(13-5-2)14-9-11-21-19(20-6-3)22-16-18-24-23-17-10-7-8-15-26(17)18;/h7-8,10,15H,4-6,9,11-14,16H2,1-3H3,(H2,20,21,22);1H. The second-order valence-electron chi connectivity index (χ2n) is 6.36. The van der Waals surface area contributed by atoms with Gasteiger partial charge in [-0.2, -0.15) is 0 Å². The van der Waals surface area contributed by atoms with Crippen molar-refractivity contribution in [2.75, 3.05) is 32.7 Å². The summed E-state index contributed by atoms with van der Waals surface area (Å²) in [6.07, 6.45) is 5.50. The third-order valence-corrected chi connectivity index (χ3v) is 4.13. The molecule has 7 nitrogen and oxygen atoms in total. The Kier molecular flexibility index (Phi) is 12.0. The van der Waals surface area contributed by atoms with Crippen LogP contribution in [0.15, 0.2) is 29.4 Å². The summed E-state index contributed by atoms with van der Waals surface area (Å²) >= 11 is 0. The maximum atomic E-state index is 4.65. The SMILES string of the molecule is CCCN(CCC)CCCNC(=NCc1nnc2ccccn12)NCC.I. The average molecular weight is 487 g/mol. The maximum absolute atomic E-state index is 4.65. The van der Waals surface area contributed by atoms with Gasteiger partial charge in [0.1, 0.15) is 6.54 Å². The second kappa shape index (κ2) is 13.7. The Bertz CT molecular complexity index is 665. The van der Waals surface area contributed by atoms with Crippen LogP contribution in [-0.4, -0.2) is 58.2 Å². The number of hydrogen-bond donors (Lipinski definition) is 2. The minimum absolute atomic E-state index is 0. The van der Waals surface area contributed by atoms with E-state index < -0.39 is 0 Å². The number of hydrogen-bond acceptors (Lipinski definition) is 4. The van der Waals surface area contributed by atoms with E-state index >= 15 is 0 Å². The van der Waals surface area contributed by atoms with Gasteiger partial charge in [0.25, 0.3) is 0 Å². The number of halogens is 1. The topological polar surface area (TPSA) is 69.8 Å². The lowest BCUT2D eigenvalue weighted by Crippen LogP contribution is -2.39. The number of aromatic nitrogens is 3. The van der Waals surface area contributed by atoms with E-state index in [0.29, 0.717) is 6.54 Å². The Morgan fingerprint density at radius 2 is 1.85 bits per heavy atom. The molecule has 8 heteroatoms. The van der Waals surface area contributed by atoms with Gasteiger partial charge in [-0.15, -0.1) is 34.2 Å². The molecule has 152 valence electrons. The van der Waals surface area contributed by atoms with Crippen molar-refractivity contribution in [3.05, 3.63) is 30.2 Å². The number of aliphatic imine (C=N–C) groups is 1. The van der Waals surface area contributed by atoms with Crippen LogP contribution in [0.3, 0.4) is 0 Å². The lowest BCUT2D eigenvalue weighted by molar-refractivity contribution is 0.271. The number of nitrogens with zero attached hydrogens (tertiary/aromatic N) is 5. The summed E-state index contributed by atoms with van der Waals surface area (Å²) < 4.78 is 1.97. The fraction of sp³-hybridized carbons (Fsp3) is 0.632. The minimum atomic E-state index is 0. The molecule has 2 N–H and O–H groups in total. The van der Waals surface area contributed by atoms with Crippen molar-refractivity contribution in [2.45, 2.75) is 46.6 Å². The fourth-order valence-corrected chi connectivity index (χ4v) is 2.97. The molecule has 0 bridgehead atoms. The van der Waals surface area contributed by atoms with E-state index in [-0.39, 0.29) is 24.0 Å². The summed E-state index contributed by atoms with van der Waals surface area (Å²) in [7, 11) is 0. The molecule has 2 heterocycles. The number of nitrogens with one attached hydrogen (secondary N) is 2. The molecule has 0 amide bonds. The first kappa shape index (κ1) is 23.6. The van der Waals surface area contributed by atoms with Gasteiger partial charge in [0.05, 0.1) is 0 Å². The van der Waals surface area contributed by atoms with Crippen molar-refractivity contribution < 1.29 is 0 Å². The molecule has 2 aromatic heterocycles. The van der Waals surface area contributed by atoms with Crippen molar-refractivity contribution in [1.29, 1.82) is 0 Å². The van der Waals surface area contributed by atoms with Crippen LogP contribution in [0.1, 0.15) is 45.9 Å². The molecular weight excluding hydrogens is 453 g/mol. The van der Waals surface area contributed by atoms with Crippen LogP contribution in [0.4, 0.5) is 0 Å². The molecular formula is C19H34IN7. The quantitative estimate of drug-likeness (QED) is 0.221. The summed E-state index contributed by atoms with van der Waals surface area (Å²) in [5.74, 6) is 1.67. The molecule has 0 saturated heterocycles. The van der Waals surface area contributed by atoms with Gasteiger partial charge in [-0.05, 0) is 58.0 Å². The summed E-state index contributed by atoms with van der Waals surface area (Å²) in [5.41, 5.74) is 0.850. The number of fused-ring (bicyclic) bond motifs is 1. The lowest BCUT2D eigenvalue weighted by Gasteiger charge is -2.21. The molecule has 27 heavy (non-hydrogen) atoms. The monoisotopic (exact) mass is 487 g/mol. The fourth-order valence-electron chi connectivity index (χ4n) is 2.97. The molecule has 0 saturated carbocycles. The van der Waals surface area contributed by atoms with Crippen LogP contribution in [0.25, 0.3) is 5.65 Å². The van der Waals surface area contributed by atoms with Crippen LogP contribution in [0.2, 0.25) is 0 Å². The highest BCUT2D eigenvalue weighted by molar-refractivity contribution is 14.0. The zero-order valence-electron chi connectivity index (χ0n) is 16.8. The summed E-state index contributed by atoms with van der Waals surface area (Å²) in [6.45, 7) is 12.3. The largest absolute Gasteiger partial charge is 0.357 e. The molecule has 0 atom stereocenters. The van der Waals surface area contributed by atoms with E-state index in [9.17, 15) is 0 Å². The van der Waals surface area contributed by atoms with Gasteiger partial charge in [0.15, 0.2) is 17.4 Å². The second-order valence-corrected chi connectivity index (χ2v) is 6.36. The van der Waals surface area contributed by atoms with Crippen LogP contribution >= 0.6 is 24.0 Å². The summed E-state index contributed by atoms with van der Waals surface area (Å²) in [5, 5.41) is 15.1. The third-order valence-electron chi connectivity index (χ3n) is 4.13. The first-order valence-electron chi connectivity index (χ1n) is 9.81. The minimum Gasteiger partial charge on any atom is -0.357 e. The van der Waals surface area contributed by atoms with Gasteiger partial charge in [-0.3, -0.25) is 4.40 Å². The van der Waals surface area contributed by atoms with Crippen molar-refractivity contribution in [3.8, 4) is 0 Å². The Labute approximate surface area is 180 Å². The Morgan fingerprint density at radius 1 is 1.07 bits per heavy atom. The molecule has 2 aromatic rings. The van der Waals surface area contributed by atoms with E-state index in [4.69, 9.17) is 0 Å². The molecule has 0 aliphatic heterocycles. The van der Waals surface area contributed by atoms with E-state index in [0.717, 1.165) is 43.5 Å². The highest BCUT2D eigenvalue weighted by Gasteiger charge is 2.05. The van der Waals surface area contributed by atoms with Crippen molar-refractivity contribution in [2.24, 2.45) is 4.99 Å². The van der Waals surface area contributed by atoms with E-state index in [1.807, 2.05) is 28.8 Å². The number of pyridine rings is 1. The lowest BCUT2D eigenvalue weighted by atomic mass is 10.3. The number of guanidine groups is 1. The van der Waals surface area contributed by atoms with Crippen molar-refractivity contribution in [3.63, 3.8) is 0 Å². The average Bonchev–Trinajstić information content (AvgIpc) is 3.06. The van der Waals surface area contributed by atoms with Gasteiger partial charge in [-0.1, -0.05) is 19.9 Å². The first-order chi connectivity index (χ1) is 12.8. The van der Waals surface area contributed by atoms with Gasteiger partial charge >= 0.3 is 0 Å². The van der Waals surface area contributed by atoms with Gasteiger partial charge in [-0.25, -0.2) is 4.99 Å². The van der Waals surface area contributed by atoms with Crippen LogP contribution in [0, 0.1) is 0 Å². The zero-order valence-corrected chi connectivity index (χ0v) is 19.1. The normalized spacial score (nSPS) is 11.6. The van der Waals surface area contributed by atoms with Crippen LogP contribution in [-0.2, 0) is 6.54 Å². The molecule has 2 rings (SSSR count). The van der Waals surface area contributed by atoms with Gasteiger partial charge < -0.3 is 15.5 Å². The first-order valence-corrected chi connectivity index (χ1v) is 9.81. The Morgan fingerprint density at radius 3 is 2.56 bits per heavy atom. The highest BCUT2D eigenvalue weighted by atomic mass is 127. The van der Waals surface area contributed by atoms with E-state index in [1.165, 1.54) is 25.9 Å². The highest BCUT2D eigenvalue weighted by Crippen LogP contribution is 2.03. The van der Waals surface area contributed by atoms with Gasteiger partial charge in [0, 0.05) is 19.3 Å². The molecule has 0 aliphatic carbocycles. The Balaban J connectivity index is 0.00000364. The number of rotatable bonds is 11. The maximum Gasteiger partial charge on any atom is 0.191 e. The predicted molar refractivity (Wildman–Crippen MR) is 123 cm³/mol. The molecule has 0 radical (unpaired) electrons. The van der Waals surface area contributed by atoms with E-state index in [2.05, 4.69) is 51.5 Å². The van der Waals surface area contributed by atoms with Gasteiger partial charge in [0.2, 0.25) is 0 Å². The van der Waals surface area contributed by atoms with Crippen LogP contribution < -0.4 is 10.6 Å². The molecule has 0 unspecified atom stereocenters. The van der Waals surface area contributed by atoms with Crippen molar-refractivity contribution >= 4 is 35.6 Å².